The molecule has 0 unspecified atom stereocenters. The van der Waals surface area contributed by atoms with Crippen molar-refractivity contribution in [1.82, 2.24) is 0 Å². The van der Waals surface area contributed by atoms with Crippen molar-refractivity contribution in [2.75, 3.05) is 16.9 Å². The summed E-state index contributed by atoms with van der Waals surface area (Å²) in [6, 6.07) is 9.82. The SMILES string of the molecule is CS(=O)(=O)c1ccccc1NC(=O)[C@@H]1CC(=O)Nc2cc(F)ccc21. The number of carbonyl (C=O) groups is 2. The molecule has 0 aliphatic carbocycles. The highest BCUT2D eigenvalue weighted by Gasteiger charge is 2.31. The molecular weight excluding hydrogens is 347 g/mol. The van der Waals surface area contributed by atoms with Crippen LogP contribution in [0.15, 0.2) is 47.4 Å². The van der Waals surface area contributed by atoms with Crippen LogP contribution in [0.4, 0.5) is 15.8 Å². The summed E-state index contributed by atoms with van der Waals surface area (Å²) < 4.78 is 37.0. The standard InChI is InChI=1S/C17H15FN2O4S/c1-25(23,24)15-5-3-2-4-13(15)20-17(22)12-9-16(21)19-14-8-10(18)6-7-11(12)14/h2-8,12H,9H2,1H3,(H,19,21)(H,20,22)/t12-/m1/s1. The Morgan fingerprint density at radius 2 is 1.96 bits per heavy atom. The van der Waals surface area contributed by atoms with Gasteiger partial charge < -0.3 is 10.6 Å². The van der Waals surface area contributed by atoms with Gasteiger partial charge in [0, 0.05) is 18.4 Å². The van der Waals surface area contributed by atoms with Crippen molar-refractivity contribution in [2.45, 2.75) is 17.2 Å². The van der Waals surface area contributed by atoms with Gasteiger partial charge in [-0.05, 0) is 29.8 Å². The smallest absolute Gasteiger partial charge is 0.232 e. The lowest BCUT2D eigenvalue weighted by atomic mass is 9.89. The molecule has 2 amide bonds. The van der Waals surface area contributed by atoms with Crippen molar-refractivity contribution >= 4 is 33.0 Å². The number of amides is 2. The molecule has 130 valence electrons. The van der Waals surface area contributed by atoms with E-state index in [4.69, 9.17) is 0 Å². The predicted octanol–water partition coefficient (Wildman–Crippen LogP) is 2.29. The highest BCUT2D eigenvalue weighted by Crippen LogP contribution is 2.34. The zero-order chi connectivity index (χ0) is 18.2. The summed E-state index contributed by atoms with van der Waals surface area (Å²) >= 11 is 0. The zero-order valence-corrected chi connectivity index (χ0v) is 14.1. The van der Waals surface area contributed by atoms with Crippen molar-refractivity contribution in [3.8, 4) is 0 Å². The van der Waals surface area contributed by atoms with Crippen LogP contribution in [0.2, 0.25) is 0 Å². The minimum absolute atomic E-state index is 0.0112. The fraction of sp³-hybridized carbons (Fsp3) is 0.176. The summed E-state index contributed by atoms with van der Waals surface area (Å²) in [4.78, 5) is 24.5. The number of hydrogen-bond donors (Lipinski definition) is 2. The van der Waals surface area contributed by atoms with E-state index in [2.05, 4.69) is 10.6 Å². The lowest BCUT2D eigenvalue weighted by Crippen LogP contribution is -2.31. The fourth-order valence-corrected chi connectivity index (χ4v) is 3.63. The first-order valence-corrected chi connectivity index (χ1v) is 9.34. The third-order valence-corrected chi connectivity index (χ3v) is 5.07. The van der Waals surface area contributed by atoms with Gasteiger partial charge in [-0.25, -0.2) is 12.8 Å². The van der Waals surface area contributed by atoms with Gasteiger partial charge >= 0.3 is 0 Å². The number of benzene rings is 2. The van der Waals surface area contributed by atoms with Crippen LogP contribution in [-0.2, 0) is 19.4 Å². The number of hydrogen-bond acceptors (Lipinski definition) is 4. The van der Waals surface area contributed by atoms with Crippen LogP contribution in [0.1, 0.15) is 17.9 Å². The Morgan fingerprint density at radius 3 is 2.68 bits per heavy atom. The number of para-hydroxylation sites is 1. The van der Waals surface area contributed by atoms with Crippen molar-refractivity contribution < 1.29 is 22.4 Å². The van der Waals surface area contributed by atoms with Crippen molar-refractivity contribution in [3.05, 3.63) is 53.8 Å². The Bertz CT molecular complexity index is 972. The lowest BCUT2D eigenvalue weighted by Gasteiger charge is -2.25. The molecule has 0 saturated heterocycles. The van der Waals surface area contributed by atoms with E-state index in [1.165, 1.54) is 24.3 Å². The van der Waals surface area contributed by atoms with Crippen LogP contribution < -0.4 is 10.6 Å². The second-order valence-corrected chi connectivity index (χ2v) is 7.78. The van der Waals surface area contributed by atoms with E-state index in [0.29, 0.717) is 5.56 Å². The molecule has 3 rings (SSSR count). The Labute approximate surface area is 144 Å². The van der Waals surface area contributed by atoms with E-state index in [9.17, 15) is 22.4 Å². The van der Waals surface area contributed by atoms with Gasteiger partial charge in [0.25, 0.3) is 0 Å². The average Bonchev–Trinajstić information content (AvgIpc) is 2.53. The maximum absolute atomic E-state index is 13.4. The van der Waals surface area contributed by atoms with Gasteiger partial charge in [0.05, 0.1) is 16.5 Å². The Balaban J connectivity index is 1.95. The molecule has 0 fully saturated rings. The normalized spacial score (nSPS) is 16.7. The Kier molecular flexibility index (Phi) is 4.30. The predicted molar refractivity (Wildman–Crippen MR) is 90.6 cm³/mol. The van der Waals surface area contributed by atoms with Crippen molar-refractivity contribution in [1.29, 1.82) is 0 Å². The zero-order valence-electron chi connectivity index (χ0n) is 13.2. The minimum atomic E-state index is -3.53. The summed E-state index contributed by atoms with van der Waals surface area (Å²) in [5.74, 6) is -2.30. The number of sulfone groups is 1. The van der Waals surface area contributed by atoms with E-state index in [-0.39, 0.29) is 22.7 Å². The third-order valence-electron chi connectivity index (χ3n) is 3.92. The summed E-state index contributed by atoms with van der Waals surface area (Å²) in [5.41, 5.74) is 0.868. The van der Waals surface area contributed by atoms with Gasteiger partial charge in [-0.15, -0.1) is 0 Å². The molecule has 2 aromatic rings. The number of anilines is 2. The Hall–Kier alpha value is -2.74. The summed E-state index contributed by atoms with van der Waals surface area (Å²) in [7, 11) is -3.53. The highest BCUT2D eigenvalue weighted by atomic mass is 32.2. The molecule has 6 nitrogen and oxygen atoms in total. The third kappa shape index (κ3) is 3.53. The maximum Gasteiger partial charge on any atom is 0.232 e. The second-order valence-electron chi connectivity index (χ2n) is 5.79. The van der Waals surface area contributed by atoms with Gasteiger partial charge in [-0.2, -0.15) is 0 Å². The van der Waals surface area contributed by atoms with Crippen LogP contribution >= 0.6 is 0 Å². The molecule has 0 spiro atoms. The van der Waals surface area contributed by atoms with Gasteiger partial charge in [0.1, 0.15) is 5.82 Å². The molecular formula is C17H15FN2O4S. The van der Waals surface area contributed by atoms with E-state index in [0.717, 1.165) is 12.3 Å². The Morgan fingerprint density at radius 1 is 1.24 bits per heavy atom. The second kappa shape index (κ2) is 6.29. The summed E-state index contributed by atoms with van der Waals surface area (Å²) in [6.07, 6.45) is 0.940. The van der Waals surface area contributed by atoms with Crippen molar-refractivity contribution in [3.63, 3.8) is 0 Å². The van der Waals surface area contributed by atoms with Crippen LogP contribution in [-0.4, -0.2) is 26.5 Å². The van der Waals surface area contributed by atoms with E-state index < -0.39 is 33.4 Å². The maximum atomic E-state index is 13.4. The minimum Gasteiger partial charge on any atom is -0.326 e. The van der Waals surface area contributed by atoms with Gasteiger partial charge in [-0.1, -0.05) is 18.2 Å². The van der Waals surface area contributed by atoms with Crippen LogP contribution in [0.5, 0.6) is 0 Å². The summed E-state index contributed by atoms with van der Waals surface area (Å²) in [5, 5.41) is 5.10. The van der Waals surface area contributed by atoms with Crippen LogP contribution in [0.25, 0.3) is 0 Å². The molecule has 0 radical (unpaired) electrons. The lowest BCUT2D eigenvalue weighted by molar-refractivity contribution is -0.123. The molecule has 1 aliphatic heterocycles. The molecule has 0 saturated carbocycles. The van der Waals surface area contributed by atoms with Gasteiger partial charge in [0.15, 0.2) is 9.84 Å². The first-order valence-electron chi connectivity index (χ1n) is 7.45. The molecule has 25 heavy (non-hydrogen) atoms. The van der Waals surface area contributed by atoms with Gasteiger partial charge in [0.2, 0.25) is 11.8 Å². The fourth-order valence-electron chi connectivity index (χ4n) is 2.78. The molecule has 0 bridgehead atoms. The average molecular weight is 362 g/mol. The van der Waals surface area contributed by atoms with Crippen LogP contribution in [0, 0.1) is 5.82 Å². The number of rotatable bonds is 3. The number of halogens is 1. The number of nitrogens with one attached hydrogen (secondary N) is 2. The number of fused-ring (bicyclic) bond motifs is 1. The molecule has 2 aromatic carbocycles. The van der Waals surface area contributed by atoms with E-state index >= 15 is 0 Å². The molecule has 1 aliphatic rings. The highest BCUT2D eigenvalue weighted by molar-refractivity contribution is 7.90. The molecule has 0 aromatic heterocycles. The first-order chi connectivity index (χ1) is 11.8. The topological polar surface area (TPSA) is 92.3 Å². The van der Waals surface area contributed by atoms with E-state index in [1.54, 1.807) is 12.1 Å². The number of carbonyl (C=O) groups excluding carboxylic acids is 2. The van der Waals surface area contributed by atoms with Gasteiger partial charge in [-0.3, -0.25) is 9.59 Å². The monoisotopic (exact) mass is 362 g/mol. The molecule has 1 atom stereocenters. The molecule has 2 N–H and O–H groups in total. The molecule has 8 heteroatoms. The van der Waals surface area contributed by atoms with Crippen molar-refractivity contribution in [2.24, 2.45) is 0 Å². The first kappa shape index (κ1) is 17.1. The van der Waals surface area contributed by atoms with Crippen LogP contribution in [0.3, 0.4) is 0 Å². The molecule has 1 heterocycles. The largest absolute Gasteiger partial charge is 0.326 e. The van der Waals surface area contributed by atoms with E-state index in [1.807, 2.05) is 0 Å². The summed E-state index contributed by atoms with van der Waals surface area (Å²) in [6.45, 7) is 0. The quantitative estimate of drug-likeness (QED) is 0.876.